The molecule has 0 radical (unpaired) electrons. The molecule has 3 aromatic rings. The first-order valence-electron chi connectivity index (χ1n) is 10.2. The Balaban J connectivity index is 1.57. The average molecular weight is 402 g/mol. The number of amides is 1. The van der Waals surface area contributed by atoms with Gasteiger partial charge in [0.2, 0.25) is 11.9 Å². The first kappa shape index (κ1) is 19.9. The van der Waals surface area contributed by atoms with Crippen molar-refractivity contribution in [2.45, 2.75) is 39.2 Å². The molecule has 2 heterocycles. The first-order chi connectivity index (χ1) is 14.4. The SMILES string of the molecule is Cc1cccc(N2C[C@@H](c3cc(=O)[nH]c(N[C@H](C)c4ccccc4)n3)CC2=O)c1C. The molecule has 0 aliphatic carbocycles. The van der Waals surface area contributed by atoms with E-state index in [2.05, 4.69) is 15.3 Å². The summed E-state index contributed by atoms with van der Waals surface area (Å²) in [7, 11) is 0. The summed E-state index contributed by atoms with van der Waals surface area (Å²) in [4.78, 5) is 34.3. The third kappa shape index (κ3) is 3.99. The number of carbonyl (C=O) groups excluding carboxylic acids is 1. The Bertz CT molecular complexity index is 1120. The van der Waals surface area contributed by atoms with Gasteiger partial charge in [-0.3, -0.25) is 14.6 Å². The van der Waals surface area contributed by atoms with Crippen molar-refractivity contribution in [3.8, 4) is 0 Å². The molecule has 1 saturated heterocycles. The Morgan fingerprint density at radius 1 is 1.10 bits per heavy atom. The van der Waals surface area contributed by atoms with Gasteiger partial charge in [0.15, 0.2) is 0 Å². The lowest BCUT2D eigenvalue weighted by molar-refractivity contribution is -0.117. The topological polar surface area (TPSA) is 78.1 Å². The smallest absolute Gasteiger partial charge is 0.252 e. The molecule has 30 heavy (non-hydrogen) atoms. The molecule has 0 bridgehead atoms. The summed E-state index contributed by atoms with van der Waals surface area (Å²) in [5, 5.41) is 3.27. The van der Waals surface area contributed by atoms with E-state index < -0.39 is 0 Å². The van der Waals surface area contributed by atoms with E-state index in [1.807, 2.05) is 74.2 Å². The molecule has 1 aliphatic heterocycles. The van der Waals surface area contributed by atoms with Gasteiger partial charge in [-0.2, -0.15) is 0 Å². The average Bonchev–Trinajstić information content (AvgIpc) is 3.12. The fourth-order valence-electron chi connectivity index (χ4n) is 3.95. The second kappa shape index (κ2) is 8.14. The number of anilines is 2. The summed E-state index contributed by atoms with van der Waals surface area (Å²) >= 11 is 0. The van der Waals surface area contributed by atoms with Crippen LogP contribution in [0.5, 0.6) is 0 Å². The summed E-state index contributed by atoms with van der Waals surface area (Å²) in [6.45, 7) is 6.61. The van der Waals surface area contributed by atoms with Crippen molar-refractivity contribution in [3.63, 3.8) is 0 Å². The molecule has 1 aliphatic rings. The second-order valence-corrected chi connectivity index (χ2v) is 7.92. The van der Waals surface area contributed by atoms with E-state index in [9.17, 15) is 9.59 Å². The van der Waals surface area contributed by atoms with Crippen LogP contribution in [-0.2, 0) is 4.79 Å². The molecule has 4 rings (SSSR count). The molecule has 6 heteroatoms. The molecular formula is C24H26N4O2. The van der Waals surface area contributed by atoms with Gasteiger partial charge < -0.3 is 10.2 Å². The summed E-state index contributed by atoms with van der Waals surface area (Å²) < 4.78 is 0. The van der Waals surface area contributed by atoms with Crippen LogP contribution in [0, 0.1) is 13.8 Å². The molecule has 2 atom stereocenters. The third-order valence-corrected chi connectivity index (χ3v) is 5.82. The highest BCUT2D eigenvalue weighted by Crippen LogP contribution is 2.33. The molecule has 0 saturated carbocycles. The van der Waals surface area contributed by atoms with Gasteiger partial charge in [0.05, 0.1) is 11.7 Å². The predicted octanol–water partition coefficient (Wildman–Crippen LogP) is 4.08. The quantitative estimate of drug-likeness (QED) is 0.674. The molecule has 1 fully saturated rings. The predicted molar refractivity (Wildman–Crippen MR) is 119 cm³/mol. The van der Waals surface area contributed by atoms with Gasteiger partial charge in [0, 0.05) is 30.6 Å². The number of aromatic nitrogens is 2. The molecule has 0 unspecified atom stereocenters. The lowest BCUT2D eigenvalue weighted by Crippen LogP contribution is -2.25. The van der Waals surface area contributed by atoms with E-state index in [0.717, 1.165) is 22.4 Å². The lowest BCUT2D eigenvalue weighted by Gasteiger charge is -2.20. The van der Waals surface area contributed by atoms with Crippen molar-refractivity contribution in [1.82, 2.24) is 9.97 Å². The van der Waals surface area contributed by atoms with E-state index >= 15 is 0 Å². The fraction of sp³-hybridized carbons (Fsp3) is 0.292. The van der Waals surface area contributed by atoms with E-state index in [0.29, 0.717) is 24.6 Å². The van der Waals surface area contributed by atoms with Crippen molar-refractivity contribution in [2.24, 2.45) is 0 Å². The lowest BCUT2D eigenvalue weighted by atomic mass is 10.0. The van der Waals surface area contributed by atoms with Gasteiger partial charge in [-0.25, -0.2) is 4.98 Å². The summed E-state index contributed by atoms with van der Waals surface area (Å²) in [5.41, 5.74) is 4.71. The Hall–Kier alpha value is -3.41. The zero-order valence-corrected chi connectivity index (χ0v) is 17.5. The van der Waals surface area contributed by atoms with Crippen LogP contribution in [0.1, 0.15) is 47.7 Å². The Morgan fingerprint density at radius 3 is 2.63 bits per heavy atom. The number of aryl methyl sites for hydroxylation is 1. The molecular weight excluding hydrogens is 376 g/mol. The van der Waals surface area contributed by atoms with Crippen LogP contribution in [0.15, 0.2) is 59.4 Å². The highest BCUT2D eigenvalue weighted by molar-refractivity contribution is 5.97. The van der Waals surface area contributed by atoms with E-state index in [-0.39, 0.29) is 23.4 Å². The normalized spacial score (nSPS) is 17.2. The molecule has 1 amide bonds. The van der Waals surface area contributed by atoms with E-state index in [1.54, 1.807) is 0 Å². The van der Waals surface area contributed by atoms with Crippen LogP contribution in [0.25, 0.3) is 0 Å². The number of H-pyrrole nitrogens is 1. The van der Waals surface area contributed by atoms with Crippen LogP contribution in [-0.4, -0.2) is 22.4 Å². The molecule has 0 spiro atoms. The number of hydrogen-bond donors (Lipinski definition) is 2. The van der Waals surface area contributed by atoms with Gasteiger partial charge in [-0.1, -0.05) is 42.5 Å². The van der Waals surface area contributed by atoms with Crippen LogP contribution < -0.4 is 15.8 Å². The summed E-state index contributed by atoms with van der Waals surface area (Å²) in [6, 6.07) is 17.5. The summed E-state index contributed by atoms with van der Waals surface area (Å²) in [5.74, 6) is 0.363. The fourth-order valence-corrected chi connectivity index (χ4v) is 3.95. The number of rotatable bonds is 5. The van der Waals surface area contributed by atoms with Crippen molar-refractivity contribution in [1.29, 1.82) is 0 Å². The number of nitrogens with one attached hydrogen (secondary N) is 2. The molecule has 154 valence electrons. The monoisotopic (exact) mass is 402 g/mol. The van der Waals surface area contributed by atoms with Gasteiger partial charge in [0.25, 0.3) is 5.56 Å². The van der Waals surface area contributed by atoms with Crippen LogP contribution >= 0.6 is 0 Å². The minimum atomic E-state index is -0.222. The van der Waals surface area contributed by atoms with Crippen molar-refractivity contribution in [3.05, 3.63) is 87.3 Å². The van der Waals surface area contributed by atoms with Crippen molar-refractivity contribution >= 4 is 17.5 Å². The minimum Gasteiger partial charge on any atom is -0.349 e. The highest BCUT2D eigenvalue weighted by atomic mass is 16.2. The number of carbonyl (C=O) groups is 1. The molecule has 2 aromatic carbocycles. The number of benzene rings is 2. The first-order valence-corrected chi connectivity index (χ1v) is 10.2. The Labute approximate surface area is 176 Å². The van der Waals surface area contributed by atoms with Crippen LogP contribution in [0.3, 0.4) is 0 Å². The van der Waals surface area contributed by atoms with Crippen molar-refractivity contribution < 1.29 is 4.79 Å². The highest BCUT2D eigenvalue weighted by Gasteiger charge is 2.33. The van der Waals surface area contributed by atoms with Crippen LogP contribution in [0.2, 0.25) is 0 Å². The minimum absolute atomic E-state index is 0.0127. The Morgan fingerprint density at radius 2 is 1.87 bits per heavy atom. The maximum atomic E-state index is 12.8. The standard InChI is InChI=1S/C24H26N4O2/c1-15-8-7-11-21(16(15)2)28-14-19(12-23(28)30)20-13-22(29)27-24(26-20)25-17(3)18-9-5-4-6-10-18/h4-11,13,17,19H,12,14H2,1-3H3,(H2,25,26,27,29)/t17-,19+/m1/s1. The van der Waals surface area contributed by atoms with Crippen molar-refractivity contribution in [2.75, 3.05) is 16.8 Å². The second-order valence-electron chi connectivity index (χ2n) is 7.92. The number of aromatic amines is 1. The Kier molecular flexibility index (Phi) is 5.40. The van der Waals surface area contributed by atoms with Gasteiger partial charge in [-0.05, 0) is 43.5 Å². The van der Waals surface area contributed by atoms with E-state index in [4.69, 9.17) is 0 Å². The number of hydrogen-bond acceptors (Lipinski definition) is 4. The molecule has 1 aromatic heterocycles. The third-order valence-electron chi connectivity index (χ3n) is 5.82. The van der Waals surface area contributed by atoms with Gasteiger partial charge in [-0.15, -0.1) is 0 Å². The van der Waals surface area contributed by atoms with E-state index in [1.165, 1.54) is 6.07 Å². The van der Waals surface area contributed by atoms with Gasteiger partial charge in [0.1, 0.15) is 0 Å². The largest absolute Gasteiger partial charge is 0.349 e. The van der Waals surface area contributed by atoms with Crippen LogP contribution in [0.4, 0.5) is 11.6 Å². The maximum absolute atomic E-state index is 12.8. The van der Waals surface area contributed by atoms with Gasteiger partial charge >= 0.3 is 0 Å². The molecule has 2 N–H and O–H groups in total. The zero-order valence-electron chi connectivity index (χ0n) is 17.5. The summed E-state index contributed by atoms with van der Waals surface area (Å²) in [6.07, 6.45) is 0.345. The number of nitrogens with zero attached hydrogens (tertiary/aromatic N) is 2. The maximum Gasteiger partial charge on any atom is 0.252 e. The zero-order chi connectivity index (χ0) is 21.3. The molecule has 6 nitrogen and oxygen atoms in total.